The van der Waals surface area contributed by atoms with Crippen molar-refractivity contribution in [1.29, 1.82) is 0 Å². The number of thioether (sulfide) groups is 1. The molecule has 3 atom stereocenters. The van der Waals surface area contributed by atoms with E-state index < -0.39 is 18.0 Å². The number of hydrogen-bond donors (Lipinski definition) is 2. The smallest absolute Gasteiger partial charge is 0.311 e. The molecule has 248 valence electrons. The summed E-state index contributed by atoms with van der Waals surface area (Å²) in [6.45, 7) is 10.9. The summed E-state index contributed by atoms with van der Waals surface area (Å²) in [6, 6.07) is 20.0. The maximum atomic E-state index is 15.0. The van der Waals surface area contributed by atoms with E-state index in [1.54, 1.807) is 18.0 Å². The van der Waals surface area contributed by atoms with Crippen molar-refractivity contribution in [2.75, 3.05) is 31.3 Å². The molecular formula is C37H44N4O5S. The van der Waals surface area contributed by atoms with Crippen LogP contribution < -0.4 is 20.5 Å². The van der Waals surface area contributed by atoms with E-state index in [2.05, 4.69) is 30.2 Å². The van der Waals surface area contributed by atoms with Crippen molar-refractivity contribution in [3.05, 3.63) is 84.1 Å². The number of ether oxygens (including phenoxy) is 3. The van der Waals surface area contributed by atoms with Gasteiger partial charge in [-0.2, -0.15) is 0 Å². The lowest BCUT2D eigenvalue weighted by atomic mass is 9.93. The molecule has 3 aromatic carbocycles. The van der Waals surface area contributed by atoms with Gasteiger partial charge in [-0.25, -0.2) is 4.98 Å². The second-order valence-corrected chi connectivity index (χ2v) is 13.7. The number of amides is 1. The Morgan fingerprint density at radius 3 is 2.55 bits per heavy atom. The van der Waals surface area contributed by atoms with Crippen LogP contribution in [0.25, 0.3) is 10.8 Å². The Balaban J connectivity index is 1.61. The molecule has 3 unspecified atom stereocenters. The van der Waals surface area contributed by atoms with Crippen molar-refractivity contribution in [2.24, 2.45) is 5.92 Å². The third kappa shape index (κ3) is 7.59. The minimum atomic E-state index is -0.817. The Morgan fingerprint density at radius 1 is 1.04 bits per heavy atom. The fourth-order valence-electron chi connectivity index (χ4n) is 6.14. The topological polar surface area (TPSA) is 116 Å². The number of rotatable bonds is 12. The van der Waals surface area contributed by atoms with E-state index in [-0.39, 0.29) is 18.0 Å². The first kappa shape index (κ1) is 33.9. The van der Waals surface area contributed by atoms with Gasteiger partial charge in [0, 0.05) is 34.0 Å². The molecule has 4 aromatic rings. The molecule has 1 fully saturated rings. The number of pyridine rings is 1. The van der Waals surface area contributed by atoms with Gasteiger partial charge < -0.3 is 30.2 Å². The molecule has 0 spiro atoms. The molecule has 1 aliphatic heterocycles. The number of esters is 1. The highest BCUT2D eigenvalue weighted by Crippen LogP contribution is 2.44. The van der Waals surface area contributed by atoms with Crippen LogP contribution in [0.15, 0.2) is 77.8 Å². The average molecular weight is 657 g/mol. The summed E-state index contributed by atoms with van der Waals surface area (Å²) in [5, 5.41) is 5.56. The van der Waals surface area contributed by atoms with E-state index in [1.165, 1.54) is 7.11 Å². The van der Waals surface area contributed by atoms with Crippen molar-refractivity contribution in [1.82, 2.24) is 9.88 Å². The van der Waals surface area contributed by atoms with Gasteiger partial charge >= 0.3 is 5.97 Å². The number of aromatic nitrogens is 1. The second kappa shape index (κ2) is 15.0. The van der Waals surface area contributed by atoms with Gasteiger partial charge in [-0.15, -0.1) is 11.8 Å². The van der Waals surface area contributed by atoms with Crippen LogP contribution in [0.2, 0.25) is 0 Å². The predicted octanol–water partition coefficient (Wildman–Crippen LogP) is 7.42. The summed E-state index contributed by atoms with van der Waals surface area (Å²) in [5.74, 6) is 0.606. The van der Waals surface area contributed by atoms with Gasteiger partial charge in [0.1, 0.15) is 11.9 Å². The monoisotopic (exact) mass is 656 g/mol. The van der Waals surface area contributed by atoms with Crippen LogP contribution in [-0.4, -0.2) is 53.4 Å². The number of nitrogen functional groups attached to an aromatic ring is 1. The number of fused-ring (bicyclic) bond motifs is 1. The highest BCUT2D eigenvalue weighted by atomic mass is 32.2. The molecule has 1 amide bonds. The van der Waals surface area contributed by atoms with Gasteiger partial charge in [-0.1, -0.05) is 38.1 Å². The zero-order chi connectivity index (χ0) is 33.7. The van der Waals surface area contributed by atoms with E-state index in [4.69, 9.17) is 19.9 Å². The maximum Gasteiger partial charge on any atom is 0.311 e. The van der Waals surface area contributed by atoms with E-state index >= 15 is 0 Å². The van der Waals surface area contributed by atoms with Crippen molar-refractivity contribution in [3.8, 4) is 11.5 Å². The number of likely N-dealkylation sites (tertiary alicyclic amines) is 1. The van der Waals surface area contributed by atoms with Gasteiger partial charge in [0.15, 0.2) is 11.5 Å². The number of nitrogens with zero attached hydrogens (tertiary/aromatic N) is 2. The third-order valence-electron chi connectivity index (χ3n) is 8.10. The Hall–Kier alpha value is -4.44. The average Bonchev–Trinajstić information content (AvgIpc) is 3.49. The summed E-state index contributed by atoms with van der Waals surface area (Å²) >= 11 is 1.72. The molecule has 47 heavy (non-hydrogen) atoms. The predicted molar refractivity (Wildman–Crippen MR) is 188 cm³/mol. The Labute approximate surface area is 281 Å². The first-order chi connectivity index (χ1) is 22.6. The summed E-state index contributed by atoms with van der Waals surface area (Å²) < 4.78 is 17.3. The fraction of sp³-hybridized carbons (Fsp3) is 0.378. The number of methoxy groups -OCH3 is 1. The number of nitrogens with one attached hydrogen (secondary N) is 1. The van der Waals surface area contributed by atoms with Gasteiger partial charge in [-0.3, -0.25) is 9.59 Å². The number of carbonyl (C=O) groups excluding carboxylic acids is 2. The minimum absolute atomic E-state index is 0.0560. The van der Waals surface area contributed by atoms with Crippen LogP contribution in [0.1, 0.15) is 64.3 Å². The standard InChI is InChI=1S/C37H44N4O5S/c1-7-45-31-21-25(12-15-30(31)46-22(2)3)33(40-26-13-14-27-24(20-26)16-18-39-35(27)38)36(42)41-19-17-29(37(43)44-6)34(41)28-10-8-9-11-32(28)47-23(4)5/h8-16,18,20-23,29,33-34,40H,7,17,19H2,1-6H3,(H2,38,39). The second-order valence-electron chi connectivity index (χ2n) is 12.1. The van der Waals surface area contributed by atoms with Crippen molar-refractivity contribution in [2.45, 2.75) is 69.4 Å². The van der Waals surface area contributed by atoms with E-state index in [0.717, 1.165) is 26.9 Å². The van der Waals surface area contributed by atoms with Gasteiger partial charge in [0.2, 0.25) is 5.91 Å². The van der Waals surface area contributed by atoms with E-state index in [9.17, 15) is 9.59 Å². The molecule has 9 nitrogen and oxygen atoms in total. The fourth-order valence-corrected chi connectivity index (χ4v) is 7.13. The molecule has 0 saturated carbocycles. The minimum Gasteiger partial charge on any atom is -0.490 e. The first-order valence-corrected chi connectivity index (χ1v) is 17.0. The van der Waals surface area contributed by atoms with Crippen molar-refractivity contribution >= 4 is 45.9 Å². The number of anilines is 2. The lowest BCUT2D eigenvalue weighted by Gasteiger charge is -2.33. The van der Waals surface area contributed by atoms with Gasteiger partial charge in [0.05, 0.1) is 31.8 Å². The first-order valence-electron chi connectivity index (χ1n) is 16.1. The molecule has 3 N–H and O–H groups in total. The highest BCUT2D eigenvalue weighted by Gasteiger charge is 2.45. The molecule has 1 aromatic heterocycles. The lowest BCUT2D eigenvalue weighted by Crippen LogP contribution is -2.39. The molecule has 1 saturated heterocycles. The molecule has 1 aliphatic rings. The summed E-state index contributed by atoms with van der Waals surface area (Å²) in [4.78, 5) is 35.3. The Bertz CT molecular complexity index is 1730. The lowest BCUT2D eigenvalue weighted by molar-refractivity contribution is -0.147. The SMILES string of the molecule is CCOc1cc(C(Nc2ccc3c(N)nccc3c2)C(=O)N2CCC(C(=O)OC)C2c2ccccc2SC(C)C)ccc1OC(C)C. The van der Waals surface area contributed by atoms with Gasteiger partial charge in [-0.05, 0) is 86.2 Å². The van der Waals surface area contributed by atoms with Gasteiger partial charge in [0.25, 0.3) is 0 Å². The molecule has 0 bridgehead atoms. The molecule has 10 heteroatoms. The molecule has 5 rings (SSSR count). The van der Waals surface area contributed by atoms with Crippen LogP contribution in [0.5, 0.6) is 11.5 Å². The summed E-state index contributed by atoms with van der Waals surface area (Å²) in [6.07, 6.45) is 2.10. The zero-order valence-electron chi connectivity index (χ0n) is 27.9. The number of benzene rings is 3. The molecular weight excluding hydrogens is 612 g/mol. The zero-order valence-corrected chi connectivity index (χ0v) is 28.7. The van der Waals surface area contributed by atoms with Crippen molar-refractivity contribution < 1.29 is 23.8 Å². The quantitative estimate of drug-likeness (QED) is 0.119. The number of hydrogen-bond acceptors (Lipinski definition) is 9. The third-order valence-corrected chi connectivity index (χ3v) is 9.20. The largest absolute Gasteiger partial charge is 0.490 e. The van der Waals surface area contributed by atoms with Crippen LogP contribution in [0.3, 0.4) is 0 Å². The molecule has 2 heterocycles. The van der Waals surface area contributed by atoms with Crippen LogP contribution in [-0.2, 0) is 14.3 Å². The summed E-state index contributed by atoms with van der Waals surface area (Å²) in [5.41, 5.74) is 8.50. The van der Waals surface area contributed by atoms with Crippen LogP contribution in [0, 0.1) is 5.92 Å². The van der Waals surface area contributed by atoms with Crippen LogP contribution in [0.4, 0.5) is 11.5 Å². The maximum absolute atomic E-state index is 15.0. The summed E-state index contributed by atoms with van der Waals surface area (Å²) in [7, 11) is 1.40. The van der Waals surface area contributed by atoms with Crippen LogP contribution >= 0.6 is 11.8 Å². The van der Waals surface area contributed by atoms with E-state index in [0.29, 0.717) is 47.7 Å². The number of nitrogens with two attached hydrogens (primary N) is 1. The highest BCUT2D eigenvalue weighted by molar-refractivity contribution is 8.00. The normalized spacial score (nSPS) is 16.8. The Kier molecular flexibility index (Phi) is 10.8. The van der Waals surface area contributed by atoms with E-state index in [1.807, 2.05) is 86.3 Å². The molecule has 0 aliphatic carbocycles. The molecule has 0 radical (unpaired) electrons. The van der Waals surface area contributed by atoms with Crippen molar-refractivity contribution in [3.63, 3.8) is 0 Å². The number of carbonyl (C=O) groups is 2. The Morgan fingerprint density at radius 2 is 1.83 bits per heavy atom.